The molecule has 2 rings (SSSR count). The minimum Gasteiger partial charge on any atom is -0.357 e. The Bertz CT molecular complexity index is 519. The molecule has 0 aliphatic carbocycles. The molecular formula is C22H39N5. The number of aliphatic imine (C=N–C) groups is 1. The first kappa shape index (κ1) is 21.7. The lowest BCUT2D eigenvalue weighted by atomic mass is 10.2. The quantitative estimate of drug-likeness (QED) is 0.388. The molecule has 0 radical (unpaired) electrons. The predicted octanol–water partition coefficient (Wildman–Crippen LogP) is 2.89. The van der Waals surface area contributed by atoms with Crippen molar-refractivity contribution >= 4 is 5.96 Å². The maximum Gasteiger partial charge on any atom is 0.194 e. The van der Waals surface area contributed by atoms with Crippen LogP contribution in [-0.2, 0) is 6.54 Å². The number of nitrogens with zero attached hydrogens (tertiary/aromatic N) is 4. The van der Waals surface area contributed by atoms with Crippen molar-refractivity contribution in [3.63, 3.8) is 0 Å². The smallest absolute Gasteiger partial charge is 0.194 e. The summed E-state index contributed by atoms with van der Waals surface area (Å²) in [5.41, 5.74) is 1.40. The van der Waals surface area contributed by atoms with Crippen LogP contribution in [0.3, 0.4) is 0 Å². The number of benzene rings is 1. The Kier molecular flexibility index (Phi) is 10.2. The van der Waals surface area contributed by atoms with Gasteiger partial charge in [0.2, 0.25) is 0 Å². The van der Waals surface area contributed by atoms with Gasteiger partial charge < -0.3 is 15.1 Å². The van der Waals surface area contributed by atoms with Crippen molar-refractivity contribution in [1.29, 1.82) is 0 Å². The van der Waals surface area contributed by atoms with E-state index in [9.17, 15) is 0 Å². The zero-order chi connectivity index (χ0) is 19.3. The van der Waals surface area contributed by atoms with E-state index in [0.29, 0.717) is 0 Å². The molecule has 1 fully saturated rings. The van der Waals surface area contributed by atoms with Gasteiger partial charge in [-0.05, 0) is 45.0 Å². The SMILES string of the molecule is CCNC(=NCCCCN(CC)CC)N1CCN(Cc2ccccc2)CC1. The lowest BCUT2D eigenvalue weighted by Crippen LogP contribution is -2.52. The minimum absolute atomic E-state index is 0.924. The summed E-state index contributed by atoms with van der Waals surface area (Å²) in [6.45, 7) is 17.3. The van der Waals surface area contributed by atoms with Gasteiger partial charge in [0.1, 0.15) is 0 Å². The third kappa shape index (κ3) is 7.89. The molecule has 1 saturated heterocycles. The van der Waals surface area contributed by atoms with Gasteiger partial charge in [-0.3, -0.25) is 9.89 Å². The van der Waals surface area contributed by atoms with E-state index in [4.69, 9.17) is 4.99 Å². The Balaban J connectivity index is 1.74. The first-order valence-electron chi connectivity index (χ1n) is 10.8. The van der Waals surface area contributed by atoms with Gasteiger partial charge in [-0.1, -0.05) is 44.2 Å². The number of guanidine groups is 1. The van der Waals surface area contributed by atoms with Crippen LogP contribution < -0.4 is 5.32 Å². The summed E-state index contributed by atoms with van der Waals surface area (Å²) in [7, 11) is 0. The average Bonchev–Trinajstić information content (AvgIpc) is 2.71. The minimum atomic E-state index is 0.924. The predicted molar refractivity (Wildman–Crippen MR) is 116 cm³/mol. The fraction of sp³-hybridized carbons (Fsp3) is 0.682. The van der Waals surface area contributed by atoms with Crippen LogP contribution in [-0.4, -0.2) is 79.6 Å². The van der Waals surface area contributed by atoms with Crippen molar-refractivity contribution in [3.05, 3.63) is 35.9 Å². The lowest BCUT2D eigenvalue weighted by Gasteiger charge is -2.36. The molecule has 0 bridgehead atoms. The van der Waals surface area contributed by atoms with E-state index in [0.717, 1.165) is 64.9 Å². The summed E-state index contributed by atoms with van der Waals surface area (Å²) < 4.78 is 0. The van der Waals surface area contributed by atoms with Crippen LogP contribution in [0.1, 0.15) is 39.2 Å². The van der Waals surface area contributed by atoms with Crippen molar-refractivity contribution in [3.8, 4) is 0 Å². The molecule has 0 aromatic heterocycles. The van der Waals surface area contributed by atoms with Crippen molar-refractivity contribution in [2.75, 3.05) is 58.9 Å². The van der Waals surface area contributed by atoms with Crippen molar-refractivity contribution in [1.82, 2.24) is 20.0 Å². The Hall–Kier alpha value is -1.59. The summed E-state index contributed by atoms with van der Waals surface area (Å²) in [5, 5.41) is 3.49. The Labute approximate surface area is 166 Å². The Morgan fingerprint density at radius 2 is 1.70 bits per heavy atom. The van der Waals surface area contributed by atoms with Crippen LogP contribution in [0.2, 0.25) is 0 Å². The number of hydrogen-bond donors (Lipinski definition) is 1. The highest BCUT2D eigenvalue weighted by Gasteiger charge is 2.19. The highest BCUT2D eigenvalue weighted by molar-refractivity contribution is 5.80. The van der Waals surface area contributed by atoms with Crippen molar-refractivity contribution in [2.45, 2.75) is 40.2 Å². The number of hydrogen-bond acceptors (Lipinski definition) is 3. The molecule has 5 heteroatoms. The molecule has 0 unspecified atom stereocenters. The van der Waals surface area contributed by atoms with Crippen molar-refractivity contribution in [2.24, 2.45) is 4.99 Å². The first-order valence-corrected chi connectivity index (χ1v) is 10.8. The Morgan fingerprint density at radius 3 is 2.33 bits per heavy atom. The third-order valence-electron chi connectivity index (χ3n) is 5.29. The summed E-state index contributed by atoms with van der Waals surface area (Å²) >= 11 is 0. The normalized spacial score (nSPS) is 16.1. The second-order valence-electron chi connectivity index (χ2n) is 7.22. The van der Waals surface area contributed by atoms with E-state index in [1.807, 2.05) is 0 Å². The van der Waals surface area contributed by atoms with Crippen molar-refractivity contribution < 1.29 is 0 Å². The molecule has 0 atom stereocenters. The molecule has 1 N–H and O–H groups in total. The topological polar surface area (TPSA) is 34.1 Å². The van der Waals surface area contributed by atoms with Gasteiger partial charge in [0.05, 0.1) is 0 Å². The summed E-state index contributed by atoms with van der Waals surface area (Å²) in [4.78, 5) is 12.3. The maximum atomic E-state index is 4.89. The molecule has 0 saturated carbocycles. The highest BCUT2D eigenvalue weighted by Crippen LogP contribution is 2.09. The molecule has 27 heavy (non-hydrogen) atoms. The fourth-order valence-electron chi connectivity index (χ4n) is 3.56. The van der Waals surface area contributed by atoms with E-state index in [1.165, 1.54) is 24.9 Å². The fourth-order valence-corrected chi connectivity index (χ4v) is 3.56. The van der Waals surface area contributed by atoms with Gasteiger partial charge >= 0.3 is 0 Å². The van der Waals surface area contributed by atoms with Gasteiger partial charge in [-0.15, -0.1) is 0 Å². The third-order valence-corrected chi connectivity index (χ3v) is 5.29. The standard InChI is InChI=1S/C22H39N5/c1-4-23-22(24-14-10-11-15-25(5-2)6-3)27-18-16-26(17-19-27)20-21-12-8-7-9-13-21/h7-9,12-13H,4-6,10-11,14-20H2,1-3H3,(H,23,24). The Morgan fingerprint density at radius 1 is 1.00 bits per heavy atom. The molecule has 1 aromatic carbocycles. The van der Waals surface area contributed by atoms with E-state index >= 15 is 0 Å². The summed E-state index contributed by atoms with van der Waals surface area (Å²) in [6, 6.07) is 10.8. The van der Waals surface area contributed by atoms with Crippen LogP contribution in [0.5, 0.6) is 0 Å². The molecule has 5 nitrogen and oxygen atoms in total. The van der Waals surface area contributed by atoms with Crippen LogP contribution in [0.15, 0.2) is 35.3 Å². The highest BCUT2D eigenvalue weighted by atomic mass is 15.3. The monoisotopic (exact) mass is 373 g/mol. The number of unbranched alkanes of at least 4 members (excludes halogenated alkanes) is 1. The number of nitrogens with one attached hydrogen (secondary N) is 1. The van der Waals surface area contributed by atoms with E-state index in [2.05, 4.69) is 71.1 Å². The lowest BCUT2D eigenvalue weighted by molar-refractivity contribution is 0.172. The molecule has 0 spiro atoms. The van der Waals surface area contributed by atoms with Crippen LogP contribution in [0.4, 0.5) is 0 Å². The van der Waals surface area contributed by atoms with Gasteiger partial charge in [0.15, 0.2) is 5.96 Å². The molecule has 0 amide bonds. The first-order chi connectivity index (χ1) is 13.3. The van der Waals surface area contributed by atoms with E-state index < -0.39 is 0 Å². The molecular weight excluding hydrogens is 334 g/mol. The van der Waals surface area contributed by atoms with E-state index in [-0.39, 0.29) is 0 Å². The number of piperazine rings is 1. The van der Waals surface area contributed by atoms with Gasteiger partial charge in [0, 0.05) is 45.8 Å². The zero-order valence-corrected chi connectivity index (χ0v) is 17.7. The van der Waals surface area contributed by atoms with Crippen LogP contribution in [0, 0.1) is 0 Å². The summed E-state index contributed by atoms with van der Waals surface area (Å²) in [6.07, 6.45) is 2.40. The molecule has 1 heterocycles. The molecule has 1 aliphatic heterocycles. The zero-order valence-electron chi connectivity index (χ0n) is 17.7. The maximum absolute atomic E-state index is 4.89. The van der Waals surface area contributed by atoms with Crippen LogP contribution >= 0.6 is 0 Å². The largest absolute Gasteiger partial charge is 0.357 e. The second-order valence-corrected chi connectivity index (χ2v) is 7.22. The van der Waals surface area contributed by atoms with Crippen LogP contribution in [0.25, 0.3) is 0 Å². The number of rotatable bonds is 10. The van der Waals surface area contributed by atoms with E-state index in [1.54, 1.807) is 0 Å². The van der Waals surface area contributed by atoms with Gasteiger partial charge in [0.25, 0.3) is 0 Å². The summed E-state index contributed by atoms with van der Waals surface area (Å²) in [5.74, 6) is 1.10. The molecule has 152 valence electrons. The molecule has 1 aromatic rings. The second kappa shape index (κ2) is 12.7. The molecule has 1 aliphatic rings. The van der Waals surface area contributed by atoms with Gasteiger partial charge in [-0.25, -0.2) is 0 Å². The average molecular weight is 374 g/mol. The van der Waals surface area contributed by atoms with Gasteiger partial charge in [-0.2, -0.15) is 0 Å².